The number of nitrogens with zero attached hydrogens (tertiary/aromatic N) is 4. The van der Waals surface area contributed by atoms with Crippen molar-refractivity contribution in [2.24, 2.45) is 0 Å². The van der Waals surface area contributed by atoms with Crippen molar-refractivity contribution in [1.29, 1.82) is 0 Å². The Morgan fingerprint density at radius 1 is 1.13 bits per heavy atom. The molecule has 31 heavy (non-hydrogen) atoms. The number of benzene rings is 1. The predicted octanol–water partition coefficient (Wildman–Crippen LogP) is 4.10. The molecule has 160 valence electrons. The maximum absolute atomic E-state index is 6.24. The molecule has 7 nitrogen and oxygen atoms in total. The molecular formula is C23H24ClN5O2. The molecule has 0 saturated carbocycles. The molecule has 2 aliphatic heterocycles. The van der Waals surface area contributed by atoms with Crippen LogP contribution in [0.5, 0.6) is 5.75 Å². The van der Waals surface area contributed by atoms with E-state index in [0.717, 1.165) is 61.4 Å². The standard InChI is InChI=1S/C23H24ClN5O2/c24-18-14-21-22(26-15-18)27-23(29(21)19-2-1-7-25-16-19)17-3-5-20(6-4-17)31-13-10-28-8-11-30-12-9-28/h1-7,14-16,23H,8-13H2,(H,26,27). The number of hydrogen-bond acceptors (Lipinski definition) is 7. The number of nitrogens with one attached hydrogen (secondary N) is 1. The van der Waals surface area contributed by atoms with Gasteiger partial charge in [-0.1, -0.05) is 23.7 Å². The Labute approximate surface area is 186 Å². The van der Waals surface area contributed by atoms with Gasteiger partial charge in [0.25, 0.3) is 0 Å². The summed E-state index contributed by atoms with van der Waals surface area (Å²) in [5.74, 6) is 1.66. The second kappa shape index (κ2) is 9.09. The fraction of sp³-hybridized carbons (Fsp3) is 0.304. The van der Waals surface area contributed by atoms with Crippen LogP contribution in [0.1, 0.15) is 11.7 Å². The molecule has 5 rings (SSSR count). The first-order chi connectivity index (χ1) is 15.3. The summed E-state index contributed by atoms with van der Waals surface area (Å²) >= 11 is 6.24. The molecule has 4 heterocycles. The highest BCUT2D eigenvalue weighted by Crippen LogP contribution is 2.45. The highest BCUT2D eigenvalue weighted by Gasteiger charge is 2.32. The van der Waals surface area contributed by atoms with Crippen molar-refractivity contribution in [3.63, 3.8) is 0 Å². The first-order valence-corrected chi connectivity index (χ1v) is 10.8. The topological polar surface area (TPSA) is 62.8 Å². The molecule has 0 spiro atoms. The van der Waals surface area contributed by atoms with Crippen LogP contribution >= 0.6 is 11.6 Å². The van der Waals surface area contributed by atoms with Crippen LogP contribution in [-0.4, -0.2) is 54.3 Å². The van der Waals surface area contributed by atoms with E-state index in [2.05, 4.69) is 37.2 Å². The maximum atomic E-state index is 6.24. The molecule has 0 amide bonds. The molecule has 1 saturated heterocycles. The monoisotopic (exact) mass is 437 g/mol. The Kier molecular flexibility index (Phi) is 5.88. The zero-order chi connectivity index (χ0) is 21.0. The van der Waals surface area contributed by atoms with E-state index in [9.17, 15) is 0 Å². The van der Waals surface area contributed by atoms with Crippen molar-refractivity contribution in [2.75, 3.05) is 49.7 Å². The summed E-state index contributed by atoms with van der Waals surface area (Å²) in [6.45, 7) is 5.12. The van der Waals surface area contributed by atoms with Crippen LogP contribution in [0.15, 0.2) is 61.1 Å². The van der Waals surface area contributed by atoms with Crippen molar-refractivity contribution in [1.82, 2.24) is 14.9 Å². The van der Waals surface area contributed by atoms with E-state index >= 15 is 0 Å². The highest BCUT2D eigenvalue weighted by molar-refractivity contribution is 6.30. The summed E-state index contributed by atoms with van der Waals surface area (Å²) in [6, 6.07) is 14.1. The molecule has 1 N–H and O–H groups in total. The SMILES string of the molecule is Clc1cnc2c(c1)N(c1cccnc1)C(c1ccc(OCCN3CCOCC3)cc1)N2. The largest absolute Gasteiger partial charge is 0.492 e. The molecule has 1 aromatic carbocycles. The van der Waals surface area contributed by atoms with Gasteiger partial charge >= 0.3 is 0 Å². The number of ether oxygens (including phenoxy) is 2. The van der Waals surface area contributed by atoms with Gasteiger partial charge in [0.2, 0.25) is 0 Å². The molecule has 1 fully saturated rings. The first kappa shape index (κ1) is 20.1. The number of halogens is 1. The smallest absolute Gasteiger partial charge is 0.151 e. The van der Waals surface area contributed by atoms with Gasteiger partial charge < -0.3 is 19.7 Å². The summed E-state index contributed by atoms with van der Waals surface area (Å²) in [4.78, 5) is 13.3. The average molecular weight is 438 g/mol. The minimum absolute atomic E-state index is 0.118. The summed E-state index contributed by atoms with van der Waals surface area (Å²) in [7, 11) is 0. The van der Waals surface area contributed by atoms with Crippen LogP contribution in [0.4, 0.5) is 17.2 Å². The Balaban J connectivity index is 1.31. The summed E-state index contributed by atoms with van der Waals surface area (Å²) in [6.07, 6.45) is 5.14. The molecule has 1 atom stereocenters. The Bertz CT molecular complexity index is 1010. The van der Waals surface area contributed by atoms with Gasteiger partial charge in [0.05, 0.1) is 35.8 Å². The molecule has 0 bridgehead atoms. The first-order valence-electron chi connectivity index (χ1n) is 10.4. The molecule has 2 aromatic heterocycles. The van der Waals surface area contributed by atoms with Gasteiger partial charge in [0.1, 0.15) is 18.5 Å². The average Bonchev–Trinajstić information content (AvgIpc) is 3.19. The Hall–Kier alpha value is -2.87. The molecule has 0 aliphatic carbocycles. The van der Waals surface area contributed by atoms with Gasteiger partial charge in [0, 0.05) is 32.0 Å². The molecule has 1 unspecified atom stereocenters. The lowest BCUT2D eigenvalue weighted by molar-refractivity contribution is 0.0322. The van der Waals surface area contributed by atoms with Crippen LogP contribution in [0.25, 0.3) is 0 Å². The number of fused-ring (bicyclic) bond motifs is 1. The maximum Gasteiger partial charge on any atom is 0.151 e. The molecule has 8 heteroatoms. The number of pyridine rings is 2. The van der Waals surface area contributed by atoms with E-state index in [4.69, 9.17) is 21.1 Å². The van der Waals surface area contributed by atoms with Crippen molar-refractivity contribution in [2.45, 2.75) is 6.17 Å². The predicted molar refractivity (Wildman–Crippen MR) is 121 cm³/mol. The summed E-state index contributed by atoms with van der Waals surface area (Å²) < 4.78 is 11.3. The van der Waals surface area contributed by atoms with Gasteiger partial charge in [-0.3, -0.25) is 9.88 Å². The van der Waals surface area contributed by atoms with Gasteiger partial charge in [-0.2, -0.15) is 0 Å². The summed E-state index contributed by atoms with van der Waals surface area (Å²) in [5, 5.41) is 4.10. The fourth-order valence-electron chi connectivity index (χ4n) is 3.94. The van der Waals surface area contributed by atoms with Crippen molar-refractivity contribution >= 4 is 28.8 Å². The van der Waals surface area contributed by atoms with Gasteiger partial charge in [0.15, 0.2) is 5.82 Å². The molecule has 0 radical (unpaired) electrons. The lowest BCUT2D eigenvalue weighted by Gasteiger charge is -2.27. The zero-order valence-corrected chi connectivity index (χ0v) is 17.8. The molecule has 2 aliphatic rings. The van der Waals surface area contributed by atoms with E-state index in [1.165, 1.54) is 0 Å². The van der Waals surface area contributed by atoms with Gasteiger partial charge in [-0.05, 0) is 35.9 Å². The van der Waals surface area contributed by atoms with Gasteiger partial charge in [-0.25, -0.2) is 4.98 Å². The quantitative estimate of drug-likeness (QED) is 0.622. The van der Waals surface area contributed by atoms with Crippen LogP contribution in [0.2, 0.25) is 5.02 Å². The van der Waals surface area contributed by atoms with E-state index in [0.29, 0.717) is 11.6 Å². The number of anilines is 3. The van der Waals surface area contributed by atoms with Crippen LogP contribution in [0, 0.1) is 0 Å². The minimum atomic E-state index is -0.118. The Morgan fingerprint density at radius 3 is 2.74 bits per heavy atom. The van der Waals surface area contributed by atoms with E-state index < -0.39 is 0 Å². The molecular weight excluding hydrogens is 414 g/mol. The van der Waals surface area contributed by atoms with Crippen LogP contribution < -0.4 is 15.0 Å². The number of hydrogen-bond donors (Lipinski definition) is 1. The summed E-state index contributed by atoms with van der Waals surface area (Å²) in [5.41, 5.74) is 2.99. The molecule has 3 aromatic rings. The third-order valence-electron chi connectivity index (χ3n) is 5.53. The van der Waals surface area contributed by atoms with Gasteiger partial charge in [-0.15, -0.1) is 0 Å². The number of morpholine rings is 1. The van der Waals surface area contributed by atoms with Crippen molar-refractivity contribution in [3.8, 4) is 5.75 Å². The fourth-order valence-corrected chi connectivity index (χ4v) is 4.09. The third-order valence-corrected chi connectivity index (χ3v) is 5.73. The second-order valence-electron chi connectivity index (χ2n) is 7.52. The van der Waals surface area contributed by atoms with Crippen LogP contribution in [0.3, 0.4) is 0 Å². The van der Waals surface area contributed by atoms with Crippen molar-refractivity contribution < 1.29 is 9.47 Å². The lowest BCUT2D eigenvalue weighted by Crippen LogP contribution is -2.38. The Morgan fingerprint density at radius 2 is 1.97 bits per heavy atom. The highest BCUT2D eigenvalue weighted by atomic mass is 35.5. The van der Waals surface area contributed by atoms with E-state index in [1.54, 1.807) is 12.4 Å². The third kappa shape index (κ3) is 4.44. The number of aromatic nitrogens is 2. The van der Waals surface area contributed by atoms with E-state index in [1.807, 2.05) is 36.5 Å². The zero-order valence-electron chi connectivity index (χ0n) is 17.1. The van der Waals surface area contributed by atoms with Crippen LogP contribution in [-0.2, 0) is 4.74 Å². The van der Waals surface area contributed by atoms with E-state index in [-0.39, 0.29) is 6.17 Å². The normalized spacial score (nSPS) is 18.5. The van der Waals surface area contributed by atoms with Crippen molar-refractivity contribution in [3.05, 3.63) is 71.6 Å². The number of rotatable bonds is 6. The lowest BCUT2D eigenvalue weighted by atomic mass is 10.1. The second-order valence-corrected chi connectivity index (χ2v) is 7.96. The minimum Gasteiger partial charge on any atom is -0.492 e.